The van der Waals surface area contributed by atoms with Crippen molar-refractivity contribution in [3.05, 3.63) is 0 Å². The van der Waals surface area contributed by atoms with Gasteiger partial charge in [-0.15, -0.1) is 0 Å². The van der Waals surface area contributed by atoms with Gasteiger partial charge in [0, 0.05) is 27.1 Å². The predicted molar refractivity (Wildman–Crippen MR) is 59.4 cm³/mol. The molecule has 2 saturated heterocycles. The summed E-state index contributed by atoms with van der Waals surface area (Å²) in [6, 6.07) is 0. The molecule has 0 N–H and O–H groups in total. The van der Waals surface area contributed by atoms with Crippen LogP contribution in [0.3, 0.4) is 0 Å². The van der Waals surface area contributed by atoms with Crippen LogP contribution in [-0.4, -0.2) is 43.8 Å². The van der Waals surface area contributed by atoms with Gasteiger partial charge in [-0.3, -0.25) is 4.79 Å². The number of ether oxygens (including phenoxy) is 4. The first-order valence-electron chi connectivity index (χ1n) is 6.07. The lowest BCUT2D eigenvalue weighted by Crippen LogP contribution is -2.58. The molecule has 0 amide bonds. The topological polar surface area (TPSA) is 54.0 Å². The molecule has 98 valence electrons. The predicted octanol–water partition coefficient (Wildman–Crippen LogP) is 1.25. The summed E-state index contributed by atoms with van der Waals surface area (Å²) in [5, 5.41) is 0. The fourth-order valence-electron chi connectivity index (χ4n) is 2.50. The van der Waals surface area contributed by atoms with Crippen LogP contribution in [0.1, 0.15) is 33.1 Å². The Morgan fingerprint density at radius 3 is 2.82 bits per heavy atom. The van der Waals surface area contributed by atoms with E-state index in [-0.39, 0.29) is 18.2 Å². The molecule has 0 bridgehead atoms. The van der Waals surface area contributed by atoms with Crippen molar-refractivity contribution < 1.29 is 23.7 Å². The van der Waals surface area contributed by atoms with Crippen LogP contribution >= 0.6 is 0 Å². The molecular weight excluding hydrogens is 224 g/mol. The number of hydrogen-bond acceptors (Lipinski definition) is 5. The van der Waals surface area contributed by atoms with Gasteiger partial charge in [-0.1, -0.05) is 0 Å². The molecule has 0 radical (unpaired) electrons. The molecule has 2 aliphatic rings. The highest BCUT2D eigenvalue weighted by molar-refractivity contribution is 5.66. The van der Waals surface area contributed by atoms with E-state index in [0.717, 1.165) is 19.4 Å². The average molecular weight is 244 g/mol. The van der Waals surface area contributed by atoms with Gasteiger partial charge in [0.2, 0.25) is 5.79 Å². The Morgan fingerprint density at radius 2 is 2.18 bits per heavy atom. The number of carbonyl (C=O) groups excluding carboxylic acids is 1. The molecule has 0 aromatic heterocycles. The van der Waals surface area contributed by atoms with Crippen molar-refractivity contribution in [2.24, 2.45) is 0 Å². The highest BCUT2D eigenvalue weighted by atomic mass is 16.7. The summed E-state index contributed by atoms with van der Waals surface area (Å²) >= 11 is 0. The summed E-state index contributed by atoms with van der Waals surface area (Å²) in [5.41, 5.74) is 0. The van der Waals surface area contributed by atoms with Gasteiger partial charge in [0.25, 0.3) is 0 Å². The summed E-state index contributed by atoms with van der Waals surface area (Å²) in [7, 11) is 1.57. The van der Waals surface area contributed by atoms with E-state index in [1.807, 2.05) is 6.92 Å². The summed E-state index contributed by atoms with van der Waals surface area (Å²) in [6.45, 7) is 3.95. The van der Waals surface area contributed by atoms with Gasteiger partial charge < -0.3 is 18.9 Å². The van der Waals surface area contributed by atoms with Crippen molar-refractivity contribution in [3.63, 3.8) is 0 Å². The normalized spacial score (nSPS) is 41.7. The van der Waals surface area contributed by atoms with E-state index in [4.69, 9.17) is 18.9 Å². The molecule has 0 aromatic rings. The minimum Gasteiger partial charge on any atom is -0.457 e. The third-order valence-electron chi connectivity index (χ3n) is 3.51. The summed E-state index contributed by atoms with van der Waals surface area (Å²) < 4.78 is 22.2. The maximum absolute atomic E-state index is 11.1. The summed E-state index contributed by atoms with van der Waals surface area (Å²) in [4.78, 5) is 11.1. The van der Waals surface area contributed by atoms with Gasteiger partial charge in [-0.05, 0) is 19.8 Å². The first kappa shape index (κ1) is 12.8. The first-order valence-corrected chi connectivity index (χ1v) is 6.07. The van der Waals surface area contributed by atoms with E-state index in [9.17, 15) is 4.79 Å². The molecule has 5 nitrogen and oxygen atoms in total. The Balaban J connectivity index is 2.10. The Labute approximate surface area is 101 Å². The minimum atomic E-state index is -0.868. The lowest BCUT2D eigenvalue weighted by molar-refractivity contribution is -0.333. The quantitative estimate of drug-likeness (QED) is 0.684. The van der Waals surface area contributed by atoms with Crippen LogP contribution in [0.4, 0.5) is 0 Å². The molecular formula is C12H20O5. The van der Waals surface area contributed by atoms with Crippen molar-refractivity contribution in [3.8, 4) is 0 Å². The molecule has 0 unspecified atom stereocenters. The van der Waals surface area contributed by atoms with Crippen LogP contribution in [0.5, 0.6) is 0 Å². The molecule has 17 heavy (non-hydrogen) atoms. The highest BCUT2D eigenvalue weighted by Crippen LogP contribution is 2.36. The standard InChI is InChI=1S/C12H20O5/c1-8(13)16-11-7-10-9(5-4-6-15-10)17-12(11,2)14-3/h9-11H,4-7H2,1-3H3/t9-,10+,11-,12+/m1/s1. The molecule has 2 aliphatic heterocycles. The molecule has 5 heteroatoms. The number of hydrogen-bond donors (Lipinski definition) is 0. The number of esters is 1. The fraction of sp³-hybridized carbons (Fsp3) is 0.917. The second-order valence-electron chi connectivity index (χ2n) is 4.76. The zero-order valence-electron chi connectivity index (χ0n) is 10.6. The second-order valence-corrected chi connectivity index (χ2v) is 4.76. The Morgan fingerprint density at radius 1 is 1.41 bits per heavy atom. The smallest absolute Gasteiger partial charge is 0.303 e. The van der Waals surface area contributed by atoms with Crippen LogP contribution in [0, 0.1) is 0 Å². The van der Waals surface area contributed by atoms with Gasteiger partial charge in [0.05, 0.1) is 12.2 Å². The van der Waals surface area contributed by atoms with E-state index in [1.165, 1.54) is 6.92 Å². The van der Waals surface area contributed by atoms with E-state index < -0.39 is 11.9 Å². The molecule has 2 heterocycles. The Hall–Kier alpha value is -0.650. The third kappa shape index (κ3) is 2.61. The van der Waals surface area contributed by atoms with Gasteiger partial charge in [-0.25, -0.2) is 0 Å². The zero-order chi connectivity index (χ0) is 12.5. The molecule has 2 fully saturated rings. The van der Waals surface area contributed by atoms with Crippen molar-refractivity contribution in [1.82, 2.24) is 0 Å². The zero-order valence-corrected chi connectivity index (χ0v) is 10.6. The number of fused-ring (bicyclic) bond motifs is 1. The van der Waals surface area contributed by atoms with Crippen LogP contribution in [0.15, 0.2) is 0 Å². The molecule has 0 spiro atoms. The molecule has 0 saturated carbocycles. The largest absolute Gasteiger partial charge is 0.457 e. The average Bonchev–Trinajstić information content (AvgIpc) is 2.29. The number of carbonyl (C=O) groups is 1. The van der Waals surface area contributed by atoms with Gasteiger partial charge in [-0.2, -0.15) is 0 Å². The van der Waals surface area contributed by atoms with Crippen molar-refractivity contribution >= 4 is 5.97 Å². The van der Waals surface area contributed by atoms with Crippen molar-refractivity contribution in [2.75, 3.05) is 13.7 Å². The van der Waals surface area contributed by atoms with Crippen molar-refractivity contribution in [1.29, 1.82) is 0 Å². The van der Waals surface area contributed by atoms with Gasteiger partial charge in [0.15, 0.2) is 6.10 Å². The van der Waals surface area contributed by atoms with E-state index in [2.05, 4.69) is 0 Å². The minimum absolute atomic E-state index is 0.0105. The van der Waals surface area contributed by atoms with E-state index >= 15 is 0 Å². The van der Waals surface area contributed by atoms with Crippen LogP contribution in [-0.2, 0) is 23.7 Å². The lowest BCUT2D eigenvalue weighted by Gasteiger charge is -2.47. The fourth-order valence-corrected chi connectivity index (χ4v) is 2.50. The summed E-state index contributed by atoms with van der Waals surface area (Å²) in [6.07, 6.45) is 2.24. The van der Waals surface area contributed by atoms with Crippen LogP contribution < -0.4 is 0 Å². The second kappa shape index (κ2) is 4.92. The molecule has 4 atom stereocenters. The van der Waals surface area contributed by atoms with E-state index in [1.54, 1.807) is 7.11 Å². The SMILES string of the molecule is CO[C@@]1(C)O[C@@H]2CCCO[C@H]2C[C@H]1OC(C)=O. The number of rotatable bonds is 2. The van der Waals surface area contributed by atoms with Gasteiger partial charge in [0.1, 0.15) is 0 Å². The monoisotopic (exact) mass is 244 g/mol. The van der Waals surface area contributed by atoms with E-state index in [0.29, 0.717) is 6.42 Å². The van der Waals surface area contributed by atoms with Crippen molar-refractivity contribution in [2.45, 2.75) is 57.2 Å². The maximum atomic E-state index is 11.1. The molecule has 0 aliphatic carbocycles. The lowest BCUT2D eigenvalue weighted by atomic mass is 9.92. The summed E-state index contributed by atoms with van der Waals surface area (Å²) in [5.74, 6) is -1.19. The van der Waals surface area contributed by atoms with Gasteiger partial charge >= 0.3 is 5.97 Å². The Bertz CT molecular complexity index is 293. The third-order valence-corrected chi connectivity index (χ3v) is 3.51. The Kier molecular flexibility index (Phi) is 3.70. The van der Waals surface area contributed by atoms with Crippen LogP contribution in [0.25, 0.3) is 0 Å². The molecule has 2 rings (SSSR count). The first-order chi connectivity index (χ1) is 8.05. The number of methoxy groups -OCH3 is 1. The molecule has 0 aromatic carbocycles. The highest BCUT2D eigenvalue weighted by Gasteiger charge is 2.49. The maximum Gasteiger partial charge on any atom is 0.303 e. The van der Waals surface area contributed by atoms with Crippen LogP contribution in [0.2, 0.25) is 0 Å².